The molecule has 0 bridgehead atoms. The number of benzene rings is 2. The first-order chi connectivity index (χ1) is 17.2. The van der Waals surface area contributed by atoms with Crippen LogP contribution in [-0.2, 0) is 22.2 Å². The van der Waals surface area contributed by atoms with Gasteiger partial charge in [-0.2, -0.15) is 0 Å². The number of phosphoric ester groups is 1. The number of hydrogen-bond acceptors (Lipinski definition) is 6. The van der Waals surface area contributed by atoms with Crippen LogP contribution in [0.5, 0.6) is 11.5 Å². The lowest BCUT2D eigenvalue weighted by molar-refractivity contribution is 0.0946. The van der Waals surface area contributed by atoms with Crippen molar-refractivity contribution < 1.29 is 37.5 Å². The largest absolute Gasteiger partial charge is 0.494 e. The molecule has 1 aliphatic rings. The van der Waals surface area contributed by atoms with E-state index in [1.165, 1.54) is 25.4 Å². The number of amides is 1. The average Bonchev–Trinajstić information content (AvgIpc) is 3.69. The minimum Gasteiger partial charge on any atom is -0.494 e. The Bertz CT molecular complexity index is 1290. The van der Waals surface area contributed by atoms with Crippen LogP contribution in [0, 0.1) is 11.7 Å². The molecule has 2 aromatic carbocycles. The van der Waals surface area contributed by atoms with Gasteiger partial charge in [0.15, 0.2) is 11.6 Å². The topological polar surface area (TPSA) is 127 Å². The van der Waals surface area contributed by atoms with E-state index in [1.807, 2.05) is 0 Å². The molecule has 0 radical (unpaired) electrons. The lowest BCUT2D eigenvalue weighted by Gasteiger charge is -2.15. The highest BCUT2D eigenvalue weighted by molar-refractivity contribution is 7.46. The third-order valence-electron chi connectivity index (χ3n) is 5.62. The summed E-state index contributed by atoms with van der Waals surface area (Å²) in [6.07, 6.45) is 3.70. The molecule has 3 N–H and O–H groups in total. The third-order valence-corrected chi connectivity index (χ3v) is 6.08. The Balaban J connectivity index is 1.59. The molecule has 0 saturated heterocycles. The SMILES string of the molecule is COc1ccc(CNC(=O)c2cc(-c3ncccc3COP(=O)(O)O)ccc2OCC2CC2)cc1F. The minimum absolute atomic E-state index is 0.0804. The molecular weight excluding hydrogens is 490 g/mol. The molecule has 1 amide bonds. The molecule has 36 heavy (non-hydrogen) atoms. The summed E-state index contributed by atoms with van der Waals surface area (Å²) in [6.45, 7) is 0.212. The lowest BCUT2D eigenvalue weighted by atomic mass is 10.0. The van der Waals surface area contributed by atoms with Crippen LogP contribution < -0.4 is 14.8 Å². The maximum absolute atomic E-state index is 14.0. The number of phosphoric acid groups is 1. The molecular formula is C25H26FN2O7P. The highest BCUT2D eigenvalue weighted by Crippen LogP contribution is 2.38. The second kappa shape index (κ2) is 11.2. The molecule has 11 heteroatoms. The number of carbonyl (C=O) groups is 1. The fourth-order valence-corrected chi connectivity index (χ4v) is 3.85. The van der Waals surface area contributed by atoms with Gasteiger partial charge in [-0.25, -0.2) is 8.96 Å². The highest BCUT2D eigenvalue weighted by atomic mass is 31.2. The van der Waals surface area contributed by atoms with Crippen molar-refractivity contribution in [3.8, 4) is 22.8 Å². The van der Waals surface area contributed by atoms with E-state index in [-0.39, 0.29) is 24.5 Å². The zero-order chi connectivity index (χ0) is 25.7. The fraction of sp³-hybridized carbons (Fsp3) is 0.280. The van der Waals surface area contributed by atoms with Crippen molar-refractivity contribution in [2.75, 3.05) is 13.7 Å². The molecule has 0 spiro atoms. The number of hydrogen-bond donors (Lipinski definition) is 3. The number of nitrogens with zero attached hydrogens (tertiary/aromatic N) is 1. The Hall–Kier alpha value is -3.30. The Morgan fingerprint density at radius 2 is 1.94 bits per heavy atom. The van der Waals surface area contributed by atoms with Crippen molar-refractivity contribution in [3.05, 3.63) is 77.2 Å². The van der Waals surface area contributed by atoms with E-state index in [1.54, 1.807) is 36.4 Å². The van der Waals surface area contributed by atoms with Crippen molar-refractivity contribution in [1.29, 1.82) is 0 Å². The predicted molar refractivity (Wildman–Crippen MR) is 129 cm³/mol. The van der Waals surface area contributed by atoms with E-state index in [2.05, 4.69) is 14.8 Å². The van der Waals surface area contributed by atoms with Crippen LogP contribution >= 0.6 is 7.82 Å². The first kappa shape index (κ1) is 25.8. The zero-order valence-corrected chi connectivity index (χ0v) is 20.4. The van der Waals surface area contributed by atoms with E-state index >= 15 is 0 Å². The smallest absolute Gasteiger partial charge is 0.469 e. The number of halogens is 1. The first-order valence-electron chi connectivity index (χ1n) is 11.3. The number of ether oxygens (including phenoxy) is 2. The van der Waals surface area contributed by atoms with E-state index in [0.717, 1.165) is 12.8 Å². The molecule has 1 saturated carbocycles. The molecule has 1 fully saturated rings. The van der Waals surface area contributed by atoms with Crippen molar-refractivity contribution in [1.82, 2.24) is 10.3 Å². The van der Waals surface area contributed by atoms with Gasteiger partial charge in [-0.15, -0.1) is 0 Å². The molecule has 0 aliphatic heterocycles. The van der Waals surface area contributed by atoms with Gasteiger partial charge < -0.3 is 24.6 Å². The molecule has 3 aromatic rings. The van der Waals surface area contributed by atoms with Crippen LogP contribution in [0.1, 0.15) is 34.3 Å². The van der Waals surface area contributed by atoms with Crippen LogP contribution in [-0.4, -0.2) is 34.4 Å². The van der Waals surface area contributed by atoms with Gasteiger partial charge in [0.2, 0.25) is 0 Å². The quantitative estimate of drug-likeness (QED) is 0.323. The summed E-state index contributed by atoms with van der Waals surface area (Å²) < 4.78 is 40.7. The molecule has 4 rings (SSSR count). The summed E-state index contributed by atoms with van der Waals surface area (Å²) >= 11 is 0. The van der Waals surface area contributed by atoms with E-state index in [9.17, 15) is 13.8 Å². The summed E-state index contributed by atoms with van der Waals surface area (Å²) in [4.78, 5) is 35.6. The van der Waals surface area contributed by atoms with Crippen LogP contribution in [0.2, 0.25) is 0 Å². The van der Waals surface area contributed by atoms with Crippen molar-refractivity contribution in [3.63, 3.8) is 0 Å². The second-order valence-corrected chi connectivity index (χ2v) is 9.63. The maximum Gasteiger partial charge on any atom is 0.469 e. The molecule has 0 atom stereocenters. The monoisotopic (exact) mass is 516 g/mol. The molecule has 1 heterocycles. The molecule has 1 aromatic heterocycles. The Kier molecular flexibility index (Phi) is 8.01. The highest BCUT2D eigenvalue weighted by Gasteiger charge is 2.24. The standard InChI is InChI=1S/C25H26FN2O7P/c1-33-23-8-6-17(11-21(23)26)13-28-25(29)20-12-18(7-9-22(20)34-14-16-4-5-16)24-19(3-2-10-27-24)15-35-36(30,31)32/h2-3,6-12,16H,4-5,13-15H2,1H3,(H,28,29)(H2,30,31,32). The van der Waals surface area contributed by atoms with Crippen LogP contribution in [0.25, 0.3) is 11.3 Å². The van der Waals surface area contributed by atoms with Crippen molar-refractivity contribution >= 4 is 13.7 Å². The minimum atomic E-state index is -4.68. The van der Waals surface area contributed by atoms with Crippen LogP contribution in [0.4, 0.5) is 4.39 Å². The maximum atomic E-state index is 14.0. The zero-order valence-electron chi connectivity index (χ0n) is 19.5. The lowest BCUT2D eigenvalue weighted by Crippen LogP contribution is -2.24. The molecule has 1 aliphatic carbocycles. The van der Waals surface area contributed by atoms with Crippen LogP contribution in [0.3, 0.4) is 0 Å². The molecule has 9 nitrogen and oxygen atoms in total. The second-order valence-electron chi connectivity index (χ2n) is 8.39. The third kappa shape index (κ3) is 6.89. The van der Waals surface area contributed by atoms with Gasteiger partial charge in [0, 0.05) is 23.9 Å². The van der Waals surface area contributed by atoms with Crippen molar-refractivity contribution in [2.45, 2.75) is 26.0 Å². The Labute approximate surface area is 207 Å². The summed E-state index contributed by atoms with van der Waals surface area (Å²) in [5, 5.41) is 2.79. The Morgan fingerprint density at radius 1 is 1.17 bits per heavy atom. The number of nitrogens with one attached hydrogen (secondary N) is 1. The summed E-state index contributed by atoms with van der Waals surface area (Å²) in [7, 11) is -3.31. The van der Waals surface area contributed by atoms with Crippen LogP contribution in [0.15, 0.2) is 54.7 Å². The number of pyridine rings is 1. The number of methoxy groups -OCH3 is 1. The summed E-state index contributed by atoms with van der Waals surface area (Å²) in [5.41, 5.74) is 2.20. The normalized spacial score (nSPS) is 13.3. The van der Waals surface area contributed by atoms with Crippen molar-refractivity contribution in [2.24, 2.45) is 5.92 Å². The number of rotatable bonds is 11. The first-order valence-corrected chi connectivity index (χ1v) is 12.8. The average molecular weight is 516 g/mol. The Morgan fingerprint density at radius 3 is 2.64 bits per heavy atom. The van der Waals surface area contributed by atoms with Gasteiger partial charge in [-0.1, -0.05) is 12.1 Å². The number of carbonyl (C=O) groups excluding carboxylic acids is 1. The van der Waals surface area contributed by atoms with Gasteiger partial charge in [-0.3, -0.25) is 14.3 Å². The summed E-state index contributed by atoms with van der Waals surface area (Å²) in [5.74, 6) is 0.0215. The van der Waals surface area contributed by atoms with E-state index < -0.39 is 19.5 Å². The van der Waals surface area contributed by atoms with Gasteiger partial charge in [-0.05, 0) is 60.7 Å². The van der Waals surface area contributed by atoms with E-state index in [4.69, 9.17) is 19.3 Å². The summed E-state index contributed by atoms with van der Waals surface area (Å²) in [6, 6.07) is 12.7. The number of aromatic nitrogens is 1. The van der Waals surface area contributed by atoms with Gasteiger partial charge in [0.05, 0.1) is 31.6 Å². The fourth-order valence-electron chi connectivity index (χ4n) is 3.54. The van der Waals surface area contributed by atoms with E-state index in [0.29, 0.717) is 40.7 Å². The molecule has 0 unspecified atom stereocenters. The molecule has 190 valence electrons. The predicted octanol–water partition coefficient (Wildman–Crippen LogP) is 4.22. The van der Waals surface area contributed by atoms with Gasteiger partial charge in [0.25, 0.3) is 5.91 Å². The van der Waals surface area contributed by atoms with Gasteiger partial charge >= 0.3 is 7.82 Å². The van der Waals surface area contributed by atoms with Gasteiger partial charge in [0.1, 0.15) is 5.75 Å².